The molecule has 1 aromatic heterocycles. The largest absolute Gasteiger partial charge is 0.507 e. The number of nitro groups is 1. The highest BCUT2D eigenvalue weighted by atomic mass is 32.1. The maximum absolute atomic E-state index is 12.2. The van der Waals surface area contributed by atoms with Gasteiger partial charge in [-0.2, -0.15) is 0 Å². The zero-order valence-electron chi connectivity index (χ0n) is 15.5. The molecular weight excluding hydrogens is 402 g/mol. The number of phenols is 1. The number of para-hydroxylation sites is 1. The van der Waals surface area contributed by atoms with E-state index in [9.17, 15) is 20.0 Å². The number of fused-ring (bicyclic) bond motifs is 1. The third-order valence-corrected chi connectivity index (χ3v) is 5.37. The maximum Gasteiger partial charge on any atom is 0.270 e. The molecule has 0 radical (unpaired) electrons. The number of amides is 1. The zero-order chi connectivity index (χ0) is 21.1. The van der Waals surface area contributed by atoms with E-state index in [1.165, 1.54) is 41.7 Å². The fourth-order valence-electron chi connectivity index (χ4n) is 2.88. The molecule has 0 spiro atoms. The molecule has 0 aliphatic rings. The summed E-state index contributed by atoms with van der Waals surface area (Å²) in [7, 11) is 0. The summed E-state index contributed by atoms with van der Waals surface area (Å²) in [6, 6.07) is 18.5. The number of hydrogen-bond acceptors (Lipinski definition) is 6. The smallest absolute Gasteiger partial charge is 0.270 e. The summed E-state index contributed by atoms with van der Waals surface area (Å²) in [5.41, 5.74) is 2.36. The molecule has 0 bridgehead atoms. The Kier molecular flexibility index (Phi) is 5.23. The summed E-state index contributed by atoms with van der Waals surface area (Å²) in [6.07, 6.45) is 2.76. The third kappa shape index (κ3) is 4.18. The third-order valence-electron chi connectivity index (χ3n) is 4.30. The molecule has 0 aliphatic carbocycles. The Morgan fingerprint density at radius 2 is 1.93 bits per heavy atom. The summed E-state index contributed by atoms with van der Waals surface area (Å²) in [6.45, 7) is 0. The quantitative estimate of drug-likeness (QED) is 0.263. The highest BCUT2D eigenvalue weighted by molar-refractivity contribution is 7.21. The molecule has 1 amide bonds. The summed E-state index contributed by atoms with van der Waals surface area (Å²) < 4.78 is 1.02. The topological polar surface area (TPSA) is 105 Å². The van der Waals surface area contributed by atoms with Gasteiger partial charge in [0.25, 0.3) is 5.69 Å². The number of nitrogens with one attached hydrogen (secondary N) is 1. The van der Waals surface area contributed by atoms with Gasteiger partial charge in [-0.1, -0.05) is 24.3 Å². The van der Waals surface area contributed by atoms with Crippen LogP contribution >= 0.6 is 11.3 Å². The number of carbonyl (C=O) groups excluding carboxylic acids is 1. The first kappa shape index (κ1) is 19.3. The predicted octanol–water partition coefficient (Wildman–Crippen LogP) is 5.23. The van der Waals surface area contributed by atoms with Gasteiger partial charge in [0.15, 0.2) is 0 Å². The Hall–Kier alpha value is -4.04. The van der Waals surface area contributed by atoms with E-state index in [-0.39, 0.29) is 11.4 Å². The number of aromatic hydroxyl groups is 1. The molecule has 2 N–H and O–H groups in total. The lowest BCUT2D eigenvalue weighted by Gasteiger charge is -2.06. The molecule has 0 atom stereocenters. The van der Waals surface area contributed by atoms with Crippen LogP contribution in [0.4, 0.5) is 11.4 Å². The number of hydrogen-bond donors (Lipinski definition) is 2. The minimum atomic E-state index is -0.493. The van der Waals surface area contributed by atoms with Gasteiger partial charge in [-0.3, -0.25) is 14.9 Å². The van der Waals surface area contributed by atoms with E-state index in [2.05, 4.69) is 10.3 Å². The van der Waals surface area contributed by atoms with E-state index in [0.29, 0.717) is 21.8 Å². The number of phenolic OH excluding ortho intramolecular Hbond substituents is 1. The van der Waals surface area contributed by atoms with Gasteiger partial charge in [-0.15, -0.1) is 11.3 Å². The van der Waals surface area contributed by atoms with Crippen molar-refractivity contribution in [2.24, 2.45) is 0 Å². The second-order valence-corrected chi connectivity index (χ2v) is 7.42. The van der Waals surface area contributed by atoms with Crippen molar-refractivity contribution in [1.82, 2.24) is 4.98 Å². The first-order valence-corrected chi connectivity index (χ1v) is 9.74. The SMILES string of the molecule is O=C(/C=C/c1cccc([N+](=O)[O-])c1)Nc1ccc(-c2nc3ccccc3s2)c(O)c1. The fourth-order valence-corrected chi connectivity index (χ4v) is 3.88. The lowest BCUT2D eigenvalue weighted by Crippen LogP contribution is -2.07. The number of nitrogens with zero attached hydrogens (tertiary/aromatic N) is 2. The van der Waals surface area contributed by atoms with E-state index in [1.54, 1.807) is 24.3 Å². The standard InChI is InChI=1S/C22H15N3O4S/c26-19-13-15(9-10-17(19)22-24-18-6-1-2-7-20(18)30-22)23-21(27)11-8-14-4-3-5-16(12-14)25(28)29/h1-13,26H,(H,23,27)/b11-8+. The van der Waals surface area contributed by atoms with Crippen molar-refractivity contribution in [2.75, 3.05) is 5.32 Å². The average molecular weight is 417 g/mol. The summed E-state index contributed by atoms with van der Waals surface area (Å²) in [5.74, 6) is -0.414. The van der Waals surface area contributed by atoms with E-state index >= 15 is 0 Å². The van der Waals surface area contributed by atoms with Gasteiger partial charge >= 0.3 is 0 Å². The number of carbonyl (C=O) groups is 1. The number of non-ortho nitro benzene ring substituents is 1. The van der Waals surface area contributed by atoms with Crippen molar-refractivity contribution in [3.05, 3.63) is 88.5 Å². The minimum absolute atomic E-state index is 0.00881. The van der Waals surface area contributed by atoms with Gasteiger partial charge < -0.3 is 10.4 Å². The Balaban J connectivity index is 1.48. The van der Waals surface area contributed by atoms with Gasteiger partial charge in [0.2, 0.25) is 5.91 Å². The number of nitro benzene ring substituents is 1. The minimum Gasteiger partial charge on any atom is -0.507 e. The van der Waals surface area contributed by atoms with E-state index in [1.807, 2.05) is 24.3 Å². The predicted molar refractivity (Wildman–Crippen MR) is 117 cm³/mol. The number of anilines is 1. The van der Waals surface area contributed by atoms with Crippen LogP contribution in [-0.2, 0) is 4.79 Å². The number of thiazole rings is 1. The molecule has 148 valence electrons. The molecule has 8 heteroatoms. The zero-order valence-corrected chi connectivity index (χ0v) is 16.3. The molecule has 4 aromatic rings. The van der Waals surface area contributed by atoms with Crippen molar-refractivity contribution in [3.63, 3.8) is 0 Å². The molecule has 0 fully saturated rings. The van der Waals surface area contributed by atoms with Crippen LogP contribution in [-0.4, -0.2) is 20.9 Å². The van der Waals surface area contributed by atoms with Gasteiger partial charge in [0.05, 0.1) is 20.7 Å². The average Bonchev–Trinajstić information content (AvgIpc) is 3.16. The van der Waals surface area contributed by atoms with Gasteiger partial charge in [-0.05, 0) is 35.9 Å². The first-order chi connectivity index (χ1) is 14.5. The Bertz CT molecular complexity index is 1260. The highest BCUT2D eigenvalue weighted by Crippen LogP contribution is 2.36. The normalized spacial score (nSPS) is 11.1. The lowest BCUT2D eigenvalue weighted by molar-refractivity contribution is -0.384. The van der Waals surface area contributed by atoms with Crippen LogP contribution in [0.2, 0.25) is 0 Å². The summed E-state index contributed by atoms with van der Waals surface area (Å²) >= 11 is 1.48. The number of rotatable bonds is 5. The van der Waals surface area contributed by atoms with Crippen molar-refractivity contribution < 1.29 is 14.8 Å². The number of aromatic nitrogens is 1. The Labute approximate surface area is 175 Å². The first-order valence-electron chi connectivity index (χ1n) is 8.92. The summed E-state index contributed by atoms with van der Waals surface area (Å²) in [4.78, 5) is 27.0. The van der Waals surface area contributed by atoms with Gasteiger partial charge in [0.1, 0.15) is 10.8 Å². The molecule has 0 saturated heterocycles. The molecule has 4 rings (SSSR count). The molecular formula is C22H15N3O4S. The summed E-state index contributed by atoms with van der Waals surface area (Å²) in [5, 5.41) is 24.6. The fraction of sp³-hybridized carbons (Fsp3) is 0. The van der Waals surface area contributed by atoms with Crippen LogP contribution in [0.5, 0.6) is 5.75 Å². The highest BCUT2D eigenvalue weighted by Gasteiger charge is 2.11. The van der Waals surface area contributed by atoms with E-state index in [4.69, 9.17) is 0 Å². The molecule has 0 aliphatic heterocycles. The maximum atomic E-state index is 12.2. The van der Waals surface area contributed by atoms with Crippen LogP contribution in [0.25, 0.3) is 26.9 Å². The second-order valence-electron chi connectivity index (χ2n) is 6.39. The van der Waals surface area contributed by atoms with Crippen LogP contribution < -0.4 is 5.32 Å². The van der Waals surface area contributed by atoms with Gasteiger partial charge in [0, 0.05) is 30.0 Å². The lowest BCUT2D eigenvalue weighted by atomic mass is 10.1. The Morgan fingerprint density at radius 1 is 1.10 bits per heavy atom. The molecule has 0 unspecified atom stereocenters. The monoisotopic (exact) mass is 417 g/mol. The van der Waals surface area contributed by atoms with Crippen LogP contribution in [0.1, 0.15) is 5.56 Å². The van der Waals surface area contributed by atoms with E-state index < -0.39 is 10.8 Å². The van der Waals surface area contributed by atoms with Crippen molar-refractivity contribution in [2.45, 2.75) is 0 Å². The molecule has 3 aromatic carbocycles. The van der Waals surface area contributed by atoms with Crippen molar-refractivity contribution in [3.8, 4) is 16.3 Å². The molecule has 1 heterocycles. The van der Waals surface area contributed by atoms with E-state index in [0.717, 1.165) is 10.2 Å². The number of benzene rings is 3. The second kappa shape index (κ2) is 8.14. The van der Waals surface area contributed by atoms with Crippen LogP contribution in [0.15, 0.2) is 72.8 Å². The van der Waals surface area contributed by atoms with Crippen molar-refractivity contribution >= 4 is 44.9 Å². The van der Waals surface area contributed by atoms with Crippen molar-refractivity contribution in [1.29, 1.82) is 0 Å². The molecule has 0 saturated carbocycles. The van der Waals surface area contributed by atoms with Gasteiger partial charge in [-0.25, -0.2) is 4.98 Å². The van der Waals surface area contributed by atoms with Crippen LogP contribution in [0, 0.1) is 10.1 Å². The van der Waals surface area contributed by atoms with Crippen LogP contribution in [0.3, 0.4) is 0 Å². The molecule has 30 heavy (non-hydrogen) atoms. The Morgan fingerprint density at radius 3 is 2.70 bits per heavy atom. The molecule has 7 nitrogen and oxygen atoms in total.